The molecule has 0 bridgehead atoms. The molecule has 1 aromatic carbocycles. The predicted octanol–water partition coefficient (Wildman–Crippen LogP) is 4.19. The number of benzene rings is 1. The number of aromatic nitrogens is 2. The number of carbonyl (C=O) groups is 2. The van der Waals surface area contributed by atoms with E-state index in [1.807, 2.05) is 36.6 Å². The monoisotopic (exact) mass is 398 g/mol. The number of ether oxygens (including phenoxy) is 2. The smallest absolute Gasteiger partial charge is 0.337 e. The maximum Gasteiger partial charge on any atom is 0.337 e. The molecule has 0 saturated heterocycles. The second kappa shape index (κ2) is 8.27. The van der Waals surface area contributed by atoms with Crippen LogP contribution in [-0.4, -0.2) is 35.0 Å². The number of methoxy groups -OCH3 is 1. The SMILES string of the molecule is COC(=O)c1ccc(-n2c(C)cc(C(=O)COc3cccnc3Cl)c2C)cc1. The molecule has 0 aliphatic carbocycles. The van der Waals surface area contributed by atoms with Crippen molar-refractivity contribution in [1.29, 1.82) is 0 Å². The molecule has 28 heavy (non-hydrogen) atoms. The van der Waals surface area contributed by atoms with E-state index in [0.29, 0.717) is 16.9 Å². The van der Waals surface area contributed by atoms with Crippen molar-refractivity contribution in [3.8, 4) is 11.4 Å². The van der Waals surface area contributed by atoms with Crippen LogP contribution in [0.1, 0.15) is 32.1 Å². The zero-order chi connectivity index (χ0) is 20.3. The first kappa shape index (κ1) is 19.6. The van der Waals surface area contributed by atoms with Gasteiger partial charge in [0.1, 0.15) is 0 Å². The third-order valence-electron chi connectivity index (χ3n) is 4.36. The lowest BCUT2D eigenvalue weighted by Crippen LogP contribution is -2.13. The van der Waals surface area contributed by atoms with Crippen LogP contribution in [0.25, 0.3) is 5.69 Å². The molecule has 0 amide bonds. The van der Waals surface area contributed by atoms with Gasteiger partial charge in [-0.25, -0.2) is 9.78 Å². The average Bonchev–Trinajstić information content (AvgIpc) is 3.01. The second-order valence-corrected chi connectivity index (χ2v) is 6.52. The lowest BCUT2D eigenvalue weighted by Gasteiger charge is -2.11. The lowest BCUT2D eigenvalue weighted by atomic mass is 10.1. The number of carbonyl (C=O) groups excluding carboxylic acids is 2. The van der Waals surface area contributed by atoms with E-state index >= 15 is 0 Å². The Hall–Kier alpha value is -3.12. The van der Waals surface area contributed by atoms with E-state index in [0.717, 1.165) is 17.1 Å². The largest absolute Gasteiger partial charge is 0.482 e. The van der Waals surface area contributed by atoms with Crippen LogP contribution >= 0.6 is 11.6 Å². The molecule has 0 radical (unpaired) electrons. The fourth-order valence-corrected chi connectivity index (χ4v) is 3.18. The van der Waals surface area contributed by atoms with Crippen molar-refractivity contribution in [3.63, 3.8) is 0 Å². The maximum atomic E-state index is 12.7. The van der Waals surface area contributed by atoms with Crippen LogP contribution in [0.4, 0.5) is 0 Å². The molecule has 3 aromatic rings. The molecule has 0 spiro atoms. The number of halogens is 1. The Balaban J connectivity index is 1.82. The van der Waals surface area contributed by atoms with E-state index in [4.69, 9.17) is 21.1 Å². The van der Waals surface area contributed by atoms with Gasteiger partial charge >= 0.3 is 5.97 Å². The predicted molar refractivity (Wildman–Crippen MR) is 106 cm³/mol. The molecule has 0 aliphatic heterocycles. The molecular weight excluding hydrogens is 380 g/mol. The molecule has 7 heteroatoms. The van der Waals surface area contributed by atoms with Gasteiger partial charge in [-0.3, -0.25) is 4.79 Å². The number of rotatable bonds is 6. The van der Waals surface area contributed by atoms with Gasteiger partial charge in [-0.2, -0.15) is 0 Å². The summed E-state index contributed by atoms with van der Waals surface area (Å²) in [5.74, 6) is -0.190. The van der Waals surface area contributed by atoms with E-state index in [9.17, 15) is 9.59 Å². The molecule has 0 N–H and O–H groups in total. The van der Waals surface area contributed by atoms with Crippen molar-refractivity contribution in [2.75, 3.05) is 13.7 Å². The van der Waals surface area contributed by atoms with Gasteiger partial charge in [-0.05, 0) is 56.3 Å². The number of Topliss-reactive ketones (excluding diaryl/α,β-unsaturated/α-hetero) is 1. The highest BCUT2D eigenvalue weighted by atomic mass is 35.5. The van der Waals surface area contributed by atoms with E-state index in [-0.39, 0.29) is 17.5 Å². The molecule has 2 heterocycles. The zero-order valence-electron chi connectivity index (χ0n) is 15.7. The number of esters is 1. The molecule has 2 aromatic heterocycles. The average molecular weight is 399 g/mol. The van der Waals surface area contributed by atoms with E-state index in [2.05, 4.69) is 4.98 Å². The minimum Gasteiger partial charge on any atom is -0.482 e. The number of nitrogens with zero attached hydrogens (tertiary/aromatic N) is 2. The maximum absolute atomic E-state index is 12.7. The molecule has 3 rings (SSSR count). The number of hydrogen-bond acceptors (Lipinski definition) is 5. The van der Waals surface area contributed by atoms with Gasteiger partial charge in [0.05, 0.1) is 12.7 Å². The Bertz CT molecular complexity index is 1030. The Morgan fingerprint density at radius 3 is 2.50 bits per heavy atom. The van der Waals surface area contributed by atoms with Crippen LogP contribution in [0.15, 0.2) is 48.7 Å². The summed E-state index contributed by atoms with van der Waals surface area (Å²) in [6.07, 6.45) is 1.55. The minimum absolute atomic E-state index is 0.142. The van der Waals surface area contributed by atoms with E-state index in [1.165, 1.54) is 7.11 Å². The van der Waals surface area contributed by atoms with Gasteiger partial charge in [0.2, 0.25) is 5.78 Å². The third-order valence-corrected chi connectivity index (χ3v) is 4.65. The van der Waals surface area contributed by atoms with Gasteiger partial charge in [-0.15, -0.1) is 0 Å². The first-order valence-electron chi connectivity index (χ1n) is 8.56. The Kier molecular flexibility index (Phi) is 5.80. The summed E-state index contributed by atoms with van der Waals surface area (Å²) in [5, 5.41) is 0.214. The highest BCUT2D eigenvalue weighted by molar-refractivity contribution is 6.30. The Morgan fingerprint density at radius 2 is 1.86 bits per heavy atom. The van der Waals surface area contributed by atoms with Crippen LogP contribution in [-0.2, 0) is 4.74 Å². The van der Waals surface area contributed by atoms with Crippen molar-refractivity contribution < 1.29 is 19.1 Å². The summed E-state index contributed by atoms with van der Waals surface area (Å²) in [4.78, 5) is 28.2. The summed E-state index contributed by atoms with van der Waals surface area (Å²) >= 11 is 5.96. The zero-order valence-corrected chi connectivity index (χ0v) is 16.5. The summed E-state index contributed by atoms with van der Waals surface area (Å²) in [6, 6.07) is 12.2. The molecule has 0 atom stereocenters. The minimum atomic E-state index is -0.394. The Labute approximate surface area is 167 Å². The number of aryl methyl sites for hydroxylation is 1. The standard InChI is InChI=1S/C21H19ClN2O4/c1-13-11-17(18(25)12-28-19-5-4-10-23-20(19)22)14(2)24(13)16-8-6-15(7-9-16)21(26)27-3/h4-11H,12H2,1-3H3. The molecule has 0 unspecified atom stereocenters. The molecule has 0 fully saturated rings. The van der Waals surface area contributed by atoms with Gasteiger partial charge < -0.3 is 14.0 Å². The first-order chi connectivity index (χ1) is 13.4. The summed E-state index contributed by atoms with van der Waals surface area (Å²) in [5.41, 5.74) is 3.56. The molecular formula is C21H19ClN2O4. The van der Waals surface area contributed by atoms with Crippen molar-refractivity contribution in [2.24, 2.45) is 0 Å². The quantitative estimate of drug-likeness (QED) is 0.353. The topological polar surface area (TPSA) is 70.4 Å². The highest BCUT2D eigenvalue weighted by Crippen LogP contribution is 2.24. The Morgan fingerprint density at radius 1 is 1.14 bits per heavy atom. The van der Waals surface area contributed by atoms with Crippen molar-refractivity contribution in [2.45, 2.75) is 13.8 Å². The van der Waals surface area contributed by atoms with Gasteiger partial charge in [0.15, 0.2) is 17.5 Å². The van der Waals surface area contributed by atoms with Crippen LogP contribution in [0, 0.1) is 13.8 Å². The molecule has 144 valence electrons. The number of hydrogen-bond donors (Lipinski definition) is 0. The van der Waals surface area contributed by atoms with Gasteiger partial charge in [0, 0.05) is 28.8 Å². The first-order valence-corrected chi connectivity index (χ1v) is 8.94. The van der Waals surface area contributed by atoms with E-state index in [1.54, 1.807) is 30.5 Å². The van der Waals surface area contributed by atoms with E-state index < -0.39 is 5.97 Å². The number of pyridine rings is 1. The summed E-state index contributed by atoms with van der Waals surface area (Å²) in [7, 11) is 1.34. The van der Waals surface area contributed by atoms with Crippen molar-refractivity contribution >= 4 is 23.4 Å². The van der Waals surface area contributed by atoms with Crippen LogP contribution < -0.4 is 4.74 Å². The fraction of sp³-hybridized carbons (Fsp3) is 0.190. The highest BCUT2D eigenvalue weighted by Gasteiger charge is 2.18. The van der Waals surface area contributed by atoms with Crippen LogP contribution in [0.3, 0.4) is 0 Å². The molecule has 0 aliphatic rings. The molecule has 0 saturated carbocycles. The molecule has 6 nitrogen and oxygen atoms in total. The van der Waals surface area contributed by atoms with Gasteiger partial charge in [0.25, 0.3) is 0 Å². The van der Waals surface area contributed by atoms with Gasteiger partial charge in [-0.1, -0.05) is 11.6 Å². The fourth-order valence-electron chi connectivity index (χ4n) is 3.01. The second-order valence-electron chi connectivity index (χ2n) is 6.16. The summed E-state index contributed by atoms with van der Waals surface area (Å²) < 4.78 is 12.2. The van der Waals surface area contributed by atoms with Crippen molar-refractivity contribution in [3.05, 3.63) is 76.3 Å². The van der Waals surface area contributed by atoms with Crippen LogP contribution in [0.2, 0.25) is 5.15 Å². The normalized spacial score (nSPS) is 10.6. The number of ketones is 1. The third kappa shape index (κ3) is 3.92. The summed E-state index contributed by atoms with van der Waals surface area (Å²) in [6.45, 7) is 3.64. The lowest BCUT2D eigenvalue weighted by molar-refractivity contribution is 0.0600. The van der Waals surface area contributed by atoms with Crippen LogP contribution in [0.5, 0.6) is 5.75 Å². The van der Waals surface area contributed by atoms with Crippen molar-refractivity contribution in [1.82, 2.24) is 9.55 Å².